The topological polar surface area (TPSA) is 58.6 Å². The zero-order valence-corrected chi connectivity index (χ0v) is 17.6. The van der Waals surface area contributed by atoms with Gasteiger partial charge in [0.2, 0.25) is 11.8 Å². The molecule has 3 aromatic rings. The molecule has 4 rings (SSSR count). The molecule has 1 aliphatic rings. The van der Waals surface area contributed by atoms with Crippen LogP contribution in [0.3, 0.4) is 0 Å². The van der Waals surface area contributed by atoms with Crippen LogP contribution in [0.15, 0.2) is 78.9 Å². The third kappa shape index (κ3) is 5.12. The highest BCUT2D eigenvalue weighted by molar-refractivity contribution is 6.03. The van der Waals surface area contributed by atoms with Gasteiger partial charge >= 0.3 is 0 Å². The normalized spacial score (nSPS) is 15.7. The molecule has 5 nitrogen and oxygen atoms in total. The Morgan fingerprint density at radius 3 is 2.35 bits per heavy atom. The number of ether oxygens (including phenoxy) is 1. The molecule has 1 aliphatic heterocycles. The lowest BCUT2D eigenvalue weighted by molar-refractivity contribution is -0.122. The molecule has 31 heavy (non-hydrogen) atoms. The fraction of sp³-hybridized carbons (Fsp3) is 0.231. The Bertz CT molecular complexity index is 1030. The van der Waals surface area contributed by atoms with Crippen LogP contribution in [-0.4, -0.2) is 18.4 Å². The fourth-order valence-electron chi connectivity index (χ4n) is 3.66. The molecular formula is C26H26N2O3. The standard InChI is InChI=1S/C26H26N2O3/c1-2-19-8-12-23(13-9-19)28-17-21(16-25(28)29)26(30)27-22-10-14-24(15-11-22)31-18-20-6-4-3-5-7-20/h3-15,21H,2,16-18H2,1H3,(H,27,30)/t21-/m0/s1. The average Bonchev–Trinajstić information content (AvgIpc) is 3.21. The van der Waals surface area contributed by atoms with Crippen molar-refractivity contribution in [1.82, 2.24) is 0 Å². The monoisotopic (exact) mass is 414 g/mol. The van der Waals surface area contributed by atoms with E-state index in [2.05, 4.69) is 12.2 Å². The van der Waals surface area contributed by atoms with Gasteiger partial charge in [-0.2, -0.15) is 0 Å². The van der Waals surface area contributed by atoms with Crippen molar-refractivity contribution in [2.45, 2.75) is 26.4 Å². The van der Waals surface area contributed by atoms with Crippen molar-refractivity contribution in [2.24, 2.45) is 5.92 Å². The van der Waals surface area contributed by atoms with E-state index >= 15 is 0 Å². The Balaban J connectivity index is 1.32. The number of nitrogens with one attached hydrogen (secondary N) is 1. The van der Waals surface area contributed by atoms with E-state index in [1.165, 1.54) is 5.56 Å². The molecule has 0 bridgehead atoms. The van der Waals surface area contributed by atoms with Crippen LogP contribution >= 0.6 is 0 Å². The lowest BCUT2D eigenvalue weighted by Gasteiger charge is -2.17. The second-order valence-electron chi connectivity index (χ2n) is 7.71. The number of anilines is 2. The number of amides is 2. The molecule has 1 atom stereocenters. The Kier molecular flexibility index (Phi) is 6.32. The summed E-state index contributed by atoms with van der Waals surface area (Å²) in [7, 11) is 0. The fourth-order valence-corrected chi connectivity index (χ4v) is 3.66. The SMILES string of the molecule is CCc1ccc(N2C[C@@H](C(=O)Nc3ccc(OCc4ccccc4)cc3)CC2=O)cc1. The second-order valence-corrected chi connectivity index (χ2v) is 7.71. The van der Waals surface area contributed by atoms with Crippen LogP contribution in [0, 0.1) is 5.92 Å². The second kappa shape index (κ2) is 9.47. The maximum absolute atomic E-state index is 12.7. The van der Waals surface area contributed by atoms with Crippen molar-refractivity contribution >= 4 is 23.2 Å². The van der Waals surface area contributed by atoms with Crippen LogP contribution in [0.1, 0.15) is 24.5 Å². The summed E-state index contributed by atoms with van der Waals surface area (Å²) in [5, 5.41) is 2.92. The number of hydrogen-bond donors (Lipinski definition) is 1. The van der Waals surface area contributed by atoms with Crippen LogP contribution in [0.2, 0.25) is 0 Å². The molecule has 0 unspecified atom stereocenters. The summed E-state index contributed by atoms with van der Waals surface area (Å²) in [4.78, 5) is 26.9. The molecular weight excluding hydrogens is 388 g/mol. The van der Waals surface area contributed by atoms with Crippen LogP contribution < -0.4 is 15.0 Å². The zero-order chi connectivity index (χ0) is 21.6. The quantitative estimate of drug-likeness (QED) is 0.603. The molecule has 0 radical (unpaired) electrons. The van der Waals surface area contributed by atoms with Crippen molar-refractivity contribution in [3.63, 3.8) is 0 Å². The first-order valence-electron chi connectivity index (χ1n) is 10.6. The van der Waals surface area contributed by atoms with Gasteiger partial charge in [0.05, 0.1) is 5.92 Å². The Hall–Kier alpha value is -3.60. The number of carbonyl (C=O) groups excluding carboxylic acids is 2. The van der Waals surface area contributed by atoms with Crippen molar-refractivity contribution < 1.29 is 14.3 Å². The Labute approximate surface area is 182 Å². The molecule has 158 valence electrons. The number of hydrogen-bond acceptors (Lipinski definition) is 3. The van der Waals surface area contributed by atoms with Gasteiger partial charge in [0.25, 0.3) is 0 Å². The molecule has 1 fully saturated rings. The van der Waals surface area contributed by atoms with E-state index in [1.807, 2.05) is 78.9 Å². The minimum Gasteiger partial charge on any atom is -0.489 e. The molecule has 0 spiro atoms. The molecule has 1 saturated heterocycles. The Morgan fingerprint density at radius 1 is 0.968 bits per heavy atom. The van der Waals surface area contributed by atoms with Gasteiger partial charge < -0.3 is 15.0 Å². The lowest BCUT2D eigenvalue weighted by atomic mass is 10.1. The number of nitrogens with zero attached hydrogens (tertiary/aromatic N) is 1. The third-order valence-electron chi connectivity index (χ3n) is 5.52. The van der Waals surface area contributed by atoms with Crippen molar-refractivity contribution in [3.05, 3.63) is 90.0 Å². The van der Waals surface area contributed by atoms with Gasteiger partial charge in [-0.15, -0.1) is 0 Å². The molecule has 1 N–H and O–H groups in total. The van der Waals surface area contributed by atoms with E-state index in [1.54, 1.807) is 4.90 Å². The minimum absolute atomic E-state index is 0.0194. The average molecular weight is 415 g/mol. The van der Waals surface area contributed by atoms with E-state index in [9.17, 15) is 9.59 Å². The van der Waals surface area contributed by atoms with Crippen LogP contribution in [0.25, 0.3) is 0 Å². The van der Waals surface area contributed by atoms with E-state index < -0.39 is 0 Å². The van der Waals surface area contributed by atoms with E-state index in [0.29, 0.717) is 18.8 Å². The highest BCUT2D eigenvalue weighted by Crippen LogP contribution is 2.27. The van der Waals surface area contributed by atoms with Gasteiger partial charge in [0, 0.05) is 24.3 Å². The molecule has 0 aromatic heterocycles. The summed E-state index contributed by atoms with van der Waals surface area (Å²) >= 11 is 0. The van der Waals surface area contributed by atoms with Crippen LogP contribution in [-0.2, 0) is 22.6 Å². The van der Waals surface area contributed by atoms with Crippen LogP contribution in [0.5, 0.6) is 5.75 Å². The summed E-state index contributed by atoms with van der Waals surface area (Å²) < 4.78 is 5.78. The highest BCUT2D eigenvalue weighted by atomic mass is 16.5. The van der Waals surface area contributed by atoms with E-state index in [4.69, 9.17) is 4.74 Å². The number of benzene rings is 3. The third-order valence-corrected chi connectivity index (χ3v) is 5.52. The van der Waals surface area contributed by atoms with Gasteiger partial charge in [-0.3, -0.25) is 9.59 Å². The number of aryl methyl sites for hydroxylation is 1. The predicted molar refractivity (Wildman–Crippen MR) is 122 cm³/mol. The van der Waals surface area contributed by atoms with Crippen molar-refractivity contribution in [1.29, 1.82) is 0 Å². The first-order chi connectivity index (χ1) is 15.1. The molecule has 2 amide bonds. The van der Waals surface area contributed by atoms with E-state index in [0.717, 1.165) is 23.4 Å². The summed E-state index contributed by atoms with van der Waals surface area (Å²) in [6, 6.07) is 25.2. The van der Waals surface area contributed by atoms with Crippen molar-refractivity contribution in [3.8, 4) is 5.75 Å². The molecule has 5 heteroatoms. The predicted octanol–water partition coefficient (Wildman–Crippen LogP) is 4.82. The van der Waals surface area contributed by atoms with Crippen LogP contribution in [0.4, 0.5) is 11.4 Å². The van der Waals surface area contributed by atoms with Crippen molar-refractivity contribution in [2.75, 3.05) is 16.8 Å². The largest absolute Gasteiger partial charge is 0.489 e. The number of carbonyl (C=O) groups is 2. The smallest absolute Gasteiger partial charge is 0.229 e. The zero-order valence-electron chi connectivity index (χ0n) is 17.6. The number of rotatable bonds is 7. The maximum Gasteiger partial charge on any atom is 0.229 e. The molecule has 0 saturated carbocycles. The first kappa shape index (κ1) is 20.7. The molecule has 1 heterocycles. The summed E-state index contributed by atoms with van der Waals surface area (Å²) in [6.07, 6.45) is 1.18. The lowest BCUT2D eigenvalue weighted by Crippen LogP contribution is -2.28. The van der Waals surface area contributed by atoms with E-state index in [-0.39, 0.29) is 24.2 Å². The van der Waals surface area contributed by atoms with Gasteiger partial charge in [0.1, 0.15) is 12.4 Å². The summed E-state index contributed by atoms with van der Waals surface area (Å²) in [5.41, 5.74) is 3.85. The molecule has 0 aliphatic carbocycles. The Morgan fingerprint density at radius 2 is 1.68 bits per heavy atom. The summed E-state index contributed by atoms with van der Waals surface area (Å²) in [5.74, 6) is 0.208. The first-order valence-corrected chi connectivity index (χ1v) is 10.6. The highest BCUT2D eigenvalue weighted by Gasteiger charge is 2.35. The van der Waals surface area contributed by atoms with Gasteiger partial charge in [-0.05, 0) is 53.9 Å². The minimum atomic E-state index is -0.368. The van der Waals surface area contributed by atoms with Gasteiger partial charge in [-0.1, -0.05) is 49.4 Å². The van der Waals surface area contributed by atoms with Gasteiger partial charge in [0.15, 0.2) is 0 Å². The maximum atomic E-state index is 12.7. The molecule has 3 aromatic carbocycles. The van der Waals surface area contributed by atoms with Gasteiger partial charge in [-0.25, -0.2) is 0 Å². The summed E-state index contributed by atoms with van der Waals surface area (Å²) in [6.45, 7) is 2.98.